The van der Waals surface area contributed by atoms with Gasteiger partial charge in [0.05, 0.1) is 18.2 Å². The van der Waals surface area contributed by atoms with Crippen molar-refractivity contribution in [1.29, 1.82) is 0 Å². The van der Waals surface area contributed by atoms with Crippen molar-refractivity contribution in [3.63, 3.8) is 0 Å². The van der Waals surface area contributed by atoms with Gasteiger partial charge >= 0.3 is 5.97 Å². The predicted octanol–water partition coefficient (Wildman–Crippen LogP) is 1.02. The second-order valence-electron chi connectivity index (χ2n) is 2.60. The first-order valence-corrected chi connectivity index (χ1v) is 3.80. The van der Waals surface area contributed by atoms with Gasteiger partial charge in [0.25, 0.3) is 12.0 Å². The molecule has 0 saturated carbocycles. The topological polar surface area (TPSA) is 79.4 Å². The maximum absolute atomic E-state index is 12.4. The van der Waals surface area contributed by atoms with Crippen LogP contribution in [0.2, 0.25) is 0 Å². The molecule has 15 heavy (non-hydrogen) atoms. The molecule has 0 aliphatic rings. The minimum atomic E-state index is -3.15. The van der Waals surface area contributed by atoms with E-state index in [9.17, 15) is 18.4 Å². The van der Waals surface area contributed by atoms with Gasteiger partial charge in [-0.2, -0.15) is 0 Å². The minimum Gasteiger partial charge on any atom is -0.482 e. The van der Waals surface area contributed by atoms with Crippen LogP contribution in [0.25, 0.3) is 0 Å². The fourth-order valence-corrected chi connectivity index (χ4v) is 1.05. The zero-order chi connectivity index (χ0) is 11.6. The summed E-state index contributed by atoms with van der Waals surface area (Å²) in [6.07, 6.45) is -3.15. The molecule has 1 rings (SSSR count). The SMILES string of the molecule is COc1cc(C(=O)O)c(C(F)F)c(=O)[nH]1. The molecule has 0 radical (unpaired) electrons. The van der Waals surface area contributed by atoms with Crippen LogP contribution in [0.5, 0.6) is 5.88 Å². The van der Waals surface area contributed by atoms with Crippen LogP contribution in [-0.4, -0.2) is 23.2 Å². The van der Waals surface area contributed by atoms with Crippen molar-refractivity contribution in [1.82, 2.24) is 4.98 Å². The van der Waals surface area contributed by atoms with E-state index in [1.165, 1.54) is 7.11 Å². The number of rotatable bonds is 3. The molecule has 1 aromatic rings. The summed E-state index contributed by atoms with van der Waals surface area (Å²) in [5.74, 6) is -1.78. The van der Waals surface area contributed by atoms with Gasteiger partial charge in [-0.25, -0.2) is 13.6 Å². The van der Waals surface area contributed by atoms with Crippen LogP contribution in [0.15, 0.2) is 10.9 Å². The number of aromatic nitrogens is 1. The molecule has 0 aliphatic carbocycles. The van der Waals surface area contributed by atoms with Crippen molar-refractivity contribution in [2.75, 3.05) is 7.11 Å². The van der Waals surface area contributed by atoms with Gasteiger partial charge in [-0.1, -0.05) is 0 Å². The number of H-pyrrole nitrogens is 1. The molecule has 1 heterocycles. The lowest BCUT2D eigenvalue weighted by molar-refractivity contribution is 0.0683. The van der Waals surface area contributed by atoms with E-state index in [-0.39, 0.29) is 5.88 Å². The summed E-state index contributed by atoms with van der Waals surface area (Å²) in [6.45, 7) is 0. The fourth-order valence-electron chi connectivity index (χ4n) is 1.05. The predicted molar refractivity (Wildman–Crippen MR) is 45.5 cm³/mol. The van der Waals surface area contributed by atoms with Crippen molar-refractivity contribution in [3.05, 3.63) is 27.5 Å². The summed E-state index contributed by atoms with van der Waals surface area (Å²) < 4.78 is 29.3. The van der Waals surface area contributed by atoms with Crippen molar-refractivity contribution in [2.24, 2.45) is 0 Å². The Balaban J connectivity index is 3.50. The van der Waals surface area contributed by atoms with Crippen molar-refractivity contribution in [2.45, 2.75) is 6.43 Å². The van der Waals surface area contributed by atoms with Gasteiger partial charge in [0.15, 0.2) is 5.88 Å². The van der Waals surface area contributed by atoms with E-state index in [1.54, 1.807) is 0 Å². The largest absolute Gasteiger partial charge is 0.482 e. The second kappa shape index (κ2) is 4.07. The molecular weight excluding hydrogens is 212 g/mol. The summed E-state index contributed by atoms with van der Waals surface area (Å²) in [5, 5.41) is 8.62. The number of carboxylic acid groups (broad SMARTS) is 1. The monoisotopic (exact) mass is 219 g/mol. The van der Waals surface area contributed by atoms with E-state index in [0.717, 1.165) is 6.07 Å². The van der Waals surface area contributed by atoms with Gasteiger partial charge < -0.3 is 9.84 Å². The number of carbonyl (C=O) groups is 1. The standard InChI is InChI=1S/C8H7F2NO4/c1-15-4-2-3(8(13)14)5(6(9)10)7(12)11-4/h2,6H,1H3,(H,11,12)(H,13,14). The number of carboxylic acids is 1. The Kier molecular flexibility index (Phi) is 3.03. The van der Waals surface area contributed by atoms with Crippen molar-refractivity contribution >= 4 is 5.97 Å². The second-order valence-corrected chi connectivity index (χ2v) is 2.60. The van der Waals surface area contributed by atoms with Crippen LogP contribution in [0, 0.1) is 0 Å². The summed E-state index contributed by atoms with van der Waals surface area (Å²) in [5.41, 5.74) is -2.99. The number of hydrogen-bond acceptors (Lipinski definition) is 3. The van der Waals surface area contributed by atoms with E-state index in [0.29, 0.717) is 0 Å². The molecule has 0 spiro atoms. The maximum Gasteiger partial charge on any atom is 0.336 e. The smallest absolute Gasteiger partial charge is 0.336 e. The molecule has 5 nitrogen and oxygen atoms in total. The lowest BCUT2D eigenvalue weighted by Crippen LogP contribution is -2.19. The quantitative estimate of drug-likeness (QED) is 0.795. The molecule has 1 aromatic heterocycles. The molecule has 0 saturated heterocycles. The summed E-state index contributed by atoms with van der Waals surface area (Å²) in [6, 6.07) is 0.839. The zero-order valence-corrected chi connectivity index (χ0v) is 7.58. The Morgan fingerprint density at radius 2 is 2.20 bits per heavy atom. The van der Waals surface area contributed by atoms with Crippen molar-refractivity contribution < 1.29 is 23.4 Å². The highest BCUT2D eigenvalue weighted by molar-refractivity contribution is 5.89. The van der Waals surface area contributed by atoms with E-state index < -0.39 is 29.1 Å². The van der Waals surface area contributed by atoms with E-state index >= 15 is 0 Å². The lowest BCUT2D eigenvalue weighted by Gasteiger charge is -2.06. The molecule has 82 valence electrons. The maximum atomic E-state index is 12.4. The van der Waals surface area contributed by atoms with Gasteiger partial charge in [0, 0.05) is 6.07 Å². The van der Waals surface area contributed by atoms with Crippen LogP contribution >= 0.6 is 0 Å². The van der Waals surface area contributed by atoms with Crippen LogP contribution in [0.1, 0.15) is 22.3 Å². The third-order valence-corrected chi connectivity index (χ3v) is 1.72. The summed E-state index contributed by atoms with van der Waals surface area (Å²) in [4.78, 5) is 23.7. The van der Waals surface area contributed by atoms with E-state index in [1.807, 2.05) is 4.98 Å². The fraction of sp³-hybridized carbons (Fsp3) is 0.250. The Morgan fingerprint density at radius 3 is 2.60 bits per heavy atom. The van der Waals surface area contributed by atoms with Gasteiger partial charge in [-0.3, -0.25) is 9.78 Å². The Labute approximate surface area is 82.3 Å². The van der Waals surface area contributed by atoms with E-state index in [4.69, 9.17) is 5.11 Å². The molecule has 7 heteroatoms. The highest BCUT2D eigenvalue weighted by Crippen LogP contribution is 2.21. The zero-order valence-electron chi connectivity index (χ0n) is 7.58. The van der Waals surface area contributed by atoms with Gasteiger partial charge in [-0.15, -0.1) is 0 Å². The first kappa shape index (κ1) is 11.2. The molecule has 0 amide bonds. The molecule has 0 fully saturated rings. The normalized spacial score (nSPS) is 10.4. The van der Waals surface area contributed by atoms with Crippen LogP contribution < -0.4 is 10.3 Å². The first-order chi connectivity index (χ1) is 6.97. The van der Waals surface area contributed by atoms with Gasteiger partial charge in [-0.05, 0) is 0 Å². The highest BCUT2D eigenvalue weighted by atomic mass is 19.3. The molecule has 0 atom stereocenters. The summed E-state index contributed by atoms with van der Waals surface area (Å²) in [7, 11) is 1.18. The molecule has 0 aromatic carbocycles. The highest BCUT2D eigenvalue weighted by Gasteiger charge is 2.23. The third-order valence-electron chi connectivity index (χ3n) is 1.72. The average Bonchev–Trinajstić information content (AvgIpc) is 2.15. The average molecular weight is 219 g/mol. The lowest BCUT2D eigenvalue weighted by atomic mass is 10.1. The number of aromatic carboxylic acids is 1. The number of aromatic amines is 1. The summed E-state index contributed by atoms with van der Waals surface area (Å²) >= 11 is 0. The molecule has 0 aliphatic heterocycles. The molecule has 2 N–H and O–H groups in total. The Bertz CT molecular complexity index is 441. The van der Waals surface area contributed by atoms with Gasteiger partial charge in [0.1, 0.15) is 0 Å². The van der Waals surface area contributed by atoms with Crippen LogP contribution in [0.4, 0.5) is 8.78 Å². The molecule has 0 unspecified atom stereocenters. The third kappa shape index (κ3) is 2.12. The first-order valence-electron chi connectivity index (χ1n) is 3.80. The number of hydrogen-bond donors (Lipinski definition) is 2. The van der Waals surface area contributed by atoms with Crippen LogP contribution in [0.3, 0.4) is 0 Å². The van der Waals surface area contributed by atoms with Gasteiger partial charge in [0.2, 0.25) is 0 Å². The molecular formula is C8H7F2NO4. The minimum absolute atomic E-state index is 0.179. The number of ether oxygens (including phenoxy) is 1. The number of pyridine rings is 1. The number of methoxy groups -OCH3 is 1. The van der Waals surface area contributed by atoms with E-state index in [2.05, 4.69) is 4.74 Å². The number of halogens is 2. The molecule has 0 bridgehead atoms. The number of alkyl halides is 2. The van der Waals surface area contributed by atoms with Crippen molar-refractivity contribution in [3.8, 4) is 5.88 Å². The Hall–Kier alpha value is -1.92. The van der Waals surface area contributed by atoms with Crippen LogP contribution in [-0.2, 0) is 0 Å². The Morgan fingerprint density at radius 1 is 1.60 bits per heavy atom. The number of nitrogens with one attached hydrogen (secondary N) is 1.